The second-order valence-electron chi connectivity index (χ2n) is 4.53. The highest BCUT2D eigenvalue weighted by Crippen LogP contribution is 2.18. The lowest BCUT2D eigenvalue weighted by atomic mass is 10.1. The van der Waals surface area contributed by atoms with Crippen LogP contribution in [0.25, 0.3) is 0 Å². The maximum Gasteiger partial charge on any atom is 0.120 e. The predicted molar refractivity (Wildman–Crippen MR) is 90.2 cm³/mol. The molecule has 4 heteroatoms. The number of halogens is 2. The number of hydrogen-bond donors (Lipinski definition) is 1. The van der Waals surface area contributed by atoms with Crippen molar-refractivity contribution < 1.29 is 4.74 Å². The quantitative estimate of drug-likeness (QED) is 0.695. The number of nitrogens with one attached hydrogen (secondary N) is 1. The fourth-order valence-electron chi connectivity index (χ4n) is 1.87. The Kier molecular flexibility index (Phi) is 6.07. The largest absolute Gasteiger partial charge is 0.492 e. The molecule has 0 bridgehead atoms. The SMILES string of the molecule is C[C@H](NCCOc1cccc(Br)c1)c1ccc(Br)cc1. The van der Waals surface area contributed by atoms with E-state index in [1.165, 1.54) is 5.56 Å². The Morgan fingerprint density at radius 1 is 1.05 bits per heavy atom. The van der Waals surface area contributed by atoms with Crippen molar-refractivity contribution in [1.29, 1.82) is 0 Å². The molecular formula is C16H17Br2NO. The summed E-state index contributed by atoms with van der Waals surface area (Å²) in [6.45, 7) is 3.61. The average Bonchev–Trinajstić information content (AvgIpc) is 2.44. The van der Waals surface area contributed by atoms with Gasteiger partial charge in [-0.15, -0.1) is 0 Å². The Morgan fingerprint density at radius 2 is 1.80 bits per heavy atom. The van der Waals surface area contributed by atoms with Crippen LogP contribution in [-0.4, -0.2) is 13.2 Å². The molecule has 0 aliphatic carbocycles. The van der Waals surface area contributed by atoms with E-state index in [1.807, 2.05) is 24.3 Å². The standard InChI is InChI=1S/C16H17Br2NO/c1-12(13-5-7-14(17)8-6-13)19-9-10-20-16-4-2-3-15(18)11-16/h2-8,11-12,19H,9-10H2,1H3/t12-/m0/s1. The van der Waals surface area contributed by atoms with Crippen LogP contribution in [0, 0.1) is 0 Å². The molecule has 0 aliphatic rings. The molecule has 2 aromatic rings. The zero-order valence-corrected chi connectivity index (χ0v) is 14.4. The van der Waals surface area contributed by atoms with Crippen LogP contribution in [-0.2, 0) is 0 Å². The van der Waals surface area contributed by atoms with Crippen LogP contribution < -0.4 is 10.1 Å². The van der Waals surface area contributed by atoms with E-state index in [4.69, 9.17) is 4.74 Å². The first-order chi connectivity index (χ1) is 9.65. The van der Waals surface area contributed by atoms with Gasteiger partial charge in [-0.05, 0) is 42.8 Å². The normalized spacial score (nSPS) is 12.2. The van der Waals surface area contributed by atoms with E-state index >= 15 is 0 Å². The van der Waals surface area contributed by atoms with Gasteiger partial charge in [0.05, 0.1) is 0 Å². The van der Waals surface area contributed by atoms with E-state index < -0.39 is 0 Å². The van der Waals surface area contributed by atoms with Gasteiger partial charge in [-0.25, -0.2) is 0 Å². The van der Waals surface area contributed by atoms with Gasteiger partial charge >= 0.3 is 0 Å². The number of hydrogen-bond acceptors (Lipinski definition) is 2. The van der Waals surface area contributed by atoms with Crippen LogP contribution in [0.4, 0.5) is 0 Å². The monoisotopic (exact) mass is 397 g/mol. The molecule has 0 aliphatic heterocycles. The molecule has 106 valence electrons. The molecule has 0 radical (unpaired) electrons. The summed E-state index contributed by atoms with van der Waals surface area (Å²) in [5.74, 6) is 0.887. The first-order valence-corrected chi connectivity index (χ1v) is 8.11. The van der Waals surface area contributed by atoms with E-state index in [0.717, 1.165) is 21.2 Å². The average molecular weight is 399 g/mol. The maximum absolute atomic E-state index is 5.69. The van der Waals surface area contributed by atoms with E-state index in [2.05, 4.69) is 68.4 Å². The van der Waals surface area contributed by atoms with Crippen LogP contribution in [0.15, 0.2) is 57.5 Å². The van der Waals surface area contributed by atoms with Gasteiger partial charge in [-0.1, -0.05) is 50.1 Å². The Morgan fingerprint density at radius 3 is 2.50 bits per heavy atom. The van der Waals surface area contributed by atoms with Gasteiger partial charge in [0, 0.05) is 21.5 Å². The van der Waals surface area contributed by atoms with Crippen molar-refractivity contribution in [2.24, 2.45) is 0 Å². The lowest BCUT2D eigenvalue weighted by Crippen LogP contribution is -2.24. The molecule has 0 saturated heterocycles. The van der Waals surface area contributed by atoms with Crippen molar-refractivity contribution in [1.82, 2.24) is 5.32 Å². The smallest absolute Gasteiger partial charge is 0.120 e. The summed E-state index contributed by atoms with van der Waals surface area (Å²) in [4.78, 5) is 0. The van der Waals surface area contributed by atoms with E-state index in [9.17, 15) is 0 Å². The van der Waals surface area contributed by atoms with E-state index in [1.54, 1.807) is 0 Å². The van der Waals surface area contributed by atoms with Gasteiger partial charge < -0.3 is 10.1 Å². The summed E-state index contributed by atoms with van der Waals surface area (Å²) in [5.41, 5.74) is 1.27. The third-order valence-electron chi connectivity index (χ3n) is 2.99. The van der Waals surface area contributed by atoms with Crippen LogP contribution in [0.5, 0.6) is 5.75 Å². The van der Waals surface area contributed by atoms with Crippen molar-refractivity contribution >= 4 is 31.9 Å². The molecule has 0 aromatic heterocycles. The molecule has 2 rings (SSSR count). The summed E-state index contributed by atoms with van der Waals surface area (Å²) in [7, 11) is 0. The molecule has 0 spiro atoms. The van der Waals surface area contributed by atoms with E-state index in [0.29, 0.717) is 12.6 Å². The Hall–Kier alpha value is -0.840. The highest BCUT2D eigenvalue weighted by Gasteiger charge is 2.04. The lowest BCUT2D eigenvalue weighted by Gasteiger charge is -2.15. The molecule has 1 atom stereocenters. The Balaban J connectivity index is 1.74. The minimum absolute atomic E-state index is 0.314. The molecule has 0 heterocycles. The van der Waals surface area contributed by atoms with Crippen molar-refractivity contribution in [3.8, 4) is 5.75 Å². The summed E-state index contributed by atoms with van der Waals surface area (Å²) < 4.78 is 7.83. The van der Waals surface area contributed by atoms with Gasteiger partial charge in [0.2, 0.25) is 0 Å². The highest BCUT2D eigenvalue weighted by atomic mass is 79.9. The molecule has 2 aromatic carbocycles. The molecule has 0 saturated carbocycles. The van der Waals surface area contributed by atoms with Gasteiger partial charge in [0.25, 0.3) is 0 Å². The van der Waals surface area contributed by atoms with E-state index in [-0.39, 0.29) is 0 Å². The van der Waals surface area contributed by atoms with Gasteiger partial charge in [0.1, 0.15) is 12.4 Å². The van der Waals surface area contributed by atoms with Crippen LogP contribution in [0.2, 0.25) is 0 Å². The first-order valence-electron chi connectivity index (χ1n) is 6.52. The Labute approximate surface area is 136 Å². The number of ether oxygens (including phenoxy) is 1. The van der Waals surface area contributed by atoms with Crippen molar-refractivity contribution in [3.05, 3.63) is 63.0 Å². The predicted octanol–water partition coefficient (Wildman–Crippen LogP) is 4.94. The number of benzene rings is 2. The second-order valence-corrected chi connectivity index (χ2v) is 6.36. The van der Waals surface area contributed by atoms with Crippen molar-refractivity contribution in [2.45, 2.75) is 13.0 Å². The third kappa shape index (κ3) is 4.93. The van der Waals surface area contributed by atoms with Crippen molar-refractivity contribution in [2.75, 3.05) is 13.2 Å². The Bertz CT molecular complexity index is 542. The molecule has 0 amide bonds. The minimum Gasteiger partial charge on any atom is -0.492 e. The van der Waals surface area contributed by atoms with Gasteiger partial charge in [0.15, 0.2) is 0 Å². The maximum atomic E-state index is 5.69. The zero-order valence-electron chi connectivity index (χ0n) is 11.3. The van der Waals surface area contributed by atoms with Crippen LogP contribution in [0.1, 0.15) is 18.5 Å². The third-order valence-corrected chi connectivity index (χ3v) is 4.01. The fourth-order valence-corrected chi connectivity index (χ4v) is 2.51. The molecule has 20 heavy (non-hydrogen) atoms. The van der Waals surface area contributed by atoms with Gasteiger partial charge in [-0.3, -0.25) is 0 Å². The topological polar surface area (TPSA) is 21.3 Å². The highest BCUT2D eigenvalue weighted by molar-refractivity contribution is 9.10. The fraction of sp³-hybridized carbons (Fsp3) is 0.250. The summed E-state index contributed by atoms with van der Waals surface area (Å²) in [5, 5.41) is 3.45. The van der Waals surface area contributed by atoms with Gasteiger partial charge in [-0.2, -0.15) is 0 Å². The molecule has 1 N–H and O–H groups in total. The first kappa shape index (κ1) is 15.5. The second kappa shape index (κ2) is 7.81. The summed E-state index contributed by atoms with van der Waals surface area (Å²) >= 11 is 6.88. The van der Waals surface area contributed by atoms with Crippen LogP contribution >= 0.6 is 31.9 Å². The molecular weight excluding hydrogens is 382 g/mol. The lowest BCUT2D eigenvalue weighted by molar-refractivity contribution is 0.307. The van der Waals surface area contributed by atoms with Crippen LogP contribution in [0.3, 0.4) is 0 Å². The molecule has 0 fully saturated rings. The zero-order chi connectivity index (χ0) is 14.4. The van der Waals surface area contributed by atoms with Crippen molar-refractivity contribution in [3.63, 3.8) is 0 Å². The number of rotatable bonds is 6. The molecule has 0 unspecified atom stereocenters. The summed E-state index contributed by atoms with van der Waals surface area (Å²) in [6, 6.07) is 16.6. The molecule has 2 nitrogen and oxygen atoms in total. The summed E-state index contributed by atoms with van der Waals surface area (Å²) in [6.07, 6.45) is 0. The minimum atomic E-state index is 0.314.